The summed E-state index contributed by atoms with van der Waals surface area (Å²) in [4.78, 5) is 24.8. The summed E-state index contributed by atoms with van der Waals surface area (Å²) in [5.41, 5.74) is 1.99. The molecule has 3 aromatic rings. The van der Waals surface area contributed by atoms with E-state index in [1.54, 1.807) is 18.2 Å². The monoisotopic (exact) mass is 381 g/mol. The van der Waals surface area contributed by atoms with Crippen molar-refractivity contribution in [1.82, 2.24) is 15.2 Å². The first-order valence-corrected chi connectivity index (χ1v) is 8.87. The fourth-order valence-corrected chi connectivity index (χ4v) is 2.99. The maximum atomic E-state index is 12.4. The summed E-state index contributed by atoms with van der Waals surface area (Å²) < 4.78 is 12.2. The fourth-order valence-electron chi connectivity index (χ4n) is 2.99. The van der Waals surface area contributed by atoms with E-state index in [2.05, 4.69) is 10.6 Å². The maximum Gasteiger partial charge on any atom is 0.267 e. The number of carbonyl (C=O) groups is 2. The van der Waals surface area contributed by atoms with Crippen LogP contribution in [0.1, 0.15) is 20.8 Å². The molecule has 0 saturated heterocycles. The van der Waals surface area contributed by atoms with Crippen molar-refractivity contribution < 1.29 is 19.1 Å². The van der Waals surface area contributed by atoms with Gasteiger partial charge in [0.05, 0.1) is 14.2 Å². The first-order valence-electron chi connectivity index (χ1n) is 8.87. The van der Waals surface area contributed by atoms with Gasteiger partial charge in [-0.15, -0.1) is 0 Å². The standard InChI is InChI=1S/C21H23N3O4/c1-24-18-7-5-4-6-14(18)12-19(24)21(26)23-9-8-22-20(25)15-10-16(27-2)13-17(11-15)28-3/h4-7,10-13H,8-9H2,1-3H3,(H,22,25)(H,23,26). The Morgan fingerprint density at radius 2 is 1.50 bits per heavy atom. The van der Waals surface area contributed by atoms with Crippen LogP contribution >= 0.6 is 0 Å². The Bertz CT molecular complexity index is 988. The van der Waals surface area contributed by atoms with Gasteiger partial charge >= 0.3 is 0 Å². The molecule has 1 heterocycles. The number of carbonyl (C=O) groups excluding carboxylic acids is 2. The second-order valence-corrected chi connectivity index (χ2v) is 6.26. The van der Waals surface area contributed by atoms with E-state index >= 15 is 0 Å². The van der Waals surface area contributed by atoms with E-state index in [-0.39, 0.29) is 11.8 Å². The summed E-state index contributed by atoms with van der Waals surface area (Å²) >= 11 is 0. The number of para-hydroxylation sites is 1. The molecule has 0 spiro atoms. The molecule has 7 heteroatoms. The van der Waals surface area contributed by atoms with Crippen molar-refractivity contribution in [2.75, 3.05) is 27.3 Å². The third-order valence-corrected chi connectivity index (χ3v) is 4.49. The Hall–Kier alpha value is -3.48. The summed E-state index contributed by atoms with van der Waals surface area (Å²) in [5, 5.41) is 6.62. The molecule has 0 unspecified atom stereocenters. The van der Waals surface area contributed by atoms with Crippen LogP contribution in [0.15, 0.2) is 48.5 Å². The minimum atomic E-state index is -0.268. The summed E-state index contributed by atoms with van der Waals surface area (Å²) in [6.07, 6.45) is 0. The van der Waals surface area contributed by atoms with Gasteiger partial charge in [-0.2, -0.15) is 0 Å². The number of nitrogens with one attached hydrogen (secondary N) is 2. The minimum Gasteiger partial charge on any atom is -0.497 e. The Labute approximate surface area is 163 Å². The van der Waals surface area contributed by atoms with E-state index in [9.17, 15) is 9.59 Å². The second kappa shape index (κ2) is 8.47. The normalized spacial score (nSPS) is 10.5. The van der Waals surface area contributed by atoms with Crippen molar-refractivity contribution in [1.29, 1.82) is 0 Å². The van der Waals surface area contributed by atoms with Crippen LogP contribution < -0.4 is 20.1 Å². The molecule has 0 aliphatic rings. The minimum absolute atomic E-state index is 0.184. The van der Waals surface area contributed by atoms with E-state index in [0.717, 1.165) is 10.9 Å². The van der Waals surface area contributed by atoms with Gasteiger partial charge in [0.2, 0.25) is 0 Å². The van der Waals surface area contributed by atoms with Crippen molar-refractivity contribution in [2.45, 2.75) is 0 Å². The first-order chi connectivity index (χ1) is 13.5. The summed E-state index contributed by atoms with van der Waals surface area (Å²) in [7, 11) is 4.91. The third kappa shape index (κ3) is 4.09. The van der Waals surface area contributed by atoms with Gasteiger partial charge < -0.3 is 24.7 Å². The lowest BCUT2D eigenvalue weighted by molar-refractivity contribution is 0.0923. The van der Waals surface area contributed by atoms with Crippen molar-refractivity contribution in [3.63, 3.8) is 0 Å². The van der Waals surface area contributed by atoms with E-state index in [0.29, 0.717) is 35.8 Å². The molecule has 146 valence electrons. The molecular weight excluding hydrogens is 358 g/mol. The van der Waals surface area contributed by atoms with Crippen LogP contribution in [0.3, 0.4) is 0 Å². The molecule has 0 saturated carbocycles. The van der Waals surface area contributed by atoms with Crippen LogP contribution in [0.4, 0.5) is 0 Å². The Morgan fingerprint density at radius 3 is 2.11 bits per heavy atom. The van der Waals surface area contributed by atoms with Crippen molar-refractivity contribution in [3.8, 4) is 11.5 Å². The number of amides is 2. The highest BCUT2D eigenvalue weighted by atomic mass is 16.5. The molecule has 2 aromatic carbocycles. The number of ether oxygens (including phenoxy) is 2. The highest BCUT2D eigenvalue weighted by Crippen LogP contribution is 2.22. The molecule has 2 N–H and O–H groups in total. The van der Waals surface area contributed by atoms with Crippen LogP contribution in [-0.2, 0) is 7.05 Å². The average Bonchev–Trinajstić information content (AvgIpc) is 3.07. The number of fused-ring (bicyclic) bond motifs is 1. The van der Waals surface area contributed by atoms with Gasteiger partial charge in [0, 0.05) is 42.7 Å². The molecule has 0 radical (unpaired) electrons. The molecule has 28 heavy (non-hydrogen) atoms. The first kappa shape index (κ1) is 19.3. The highest BCUT2D eigenvalue weighted by Gasteiger charge is 2.13. The second-order valence-electron chi connectivity index (χ2n) is 6.26. The number of aryl methyl sites for hydroxylation is 1. The van der Waals surface area contributed by atoms with E-state index in [1.165, 1.54) is 14.2 Å². The van der Waals surface area contributed by atoms with Crippen molar-refractivity contribution in [2.24, 2.45) is 7.05 Å². The van der Waals surface area contributed by atoms with Crippen LogP contribution in [0.2, 0.25) is 0 Å². The zero-order valence-electron chi connectivity index (χ0n) is 16.1. The predicted octanol–water partition coefficient (Wildman–Crippen LogP) is 2.36. The fraction of sp³-hybridized carbons (Fsp3) is 0.238. The van der Waals surface area contributed by atoms with Gasteiger partial charge in [-0.3, -0.25) is 9.59 Å². The van der Waals surface area contributed by atoms with Crippen molar-refractivity contribution in [3.05, 3.63) is 59.8 Å². The smallest absolute Gasteiger partial charge is 0.267 e. The third-order valence-electron chi connectivity index (χ3n) is 4.49. The van der Waals surface area contributed by atoms with Crippen LogP contribution in [0.25, 0.3) is 10.9 Å². The number of hydrogen-bond donors (Lipinski definition) is 2. The van der Waals surface area contributed by atoms with Crippen LogP contribution in [-0.4, -0.2) is 43.7 Å². The lowest BCUT2D eigenvalue weighted by Gasteiger charge is -2.10. The molecule has 0 fully saturated rings. The lowest BCUT2D eigenvalue weighted by atomic mass is 10.2. The molecule has 0 aliphatic heterocycles. The molecular formula is C21H23N3O4. The predicted molar refractivity (Wildman–Crippen MR) is 107 cm³/mol. The van der Waals surface area contributed by atoms with E-state index in [1.807, 2.05) is 41.9 Å². The van der Waals surface area contributed by atoms with Gasteiger partial charge in [-0.05, 0) is 24.3 Å². The number of nitrogens with zero attached hydrogens (tertiary/aromatic N) is 1. The van der Waals surface area contributed by atoms with Gasteiger partial charge in [0.1, 0.15) is 17.2 Å². The molecule has 0 atom stereocenters. The largest absolute Gasteiger partial charge is 0.497 e. The zero-order valence-corrected chi connectivity index (χ0v) is 16.1. The number of hydrogen-bond acceptors (Lipinski definition) is 4. The lowest BCUT2D eigenvalue weighted by Crippen LogP contribution is -2.35. The van der Waals surface area contributed by atoms with Crippen LogP contribution in [0, 0.1) is 0 Å². The number of benzene rings is 2. The topological polar surface area (TPSA) is 81.6 Å². The molecule has 7 nitrogen and oxygen atoms in total. The van der Waals surface area contributed by atoms with Gasteiger partial charge in [0.15, 0.2) is 0 Å². The summed E-state index contributed by atoms with van der Waals surface area (Å²) in [6.45, 7) is 0.612. The van der Waals surface area contributed by atoms with Crippen molar-refractivity contribution >= 4 is 22.7 Å². The van der Waals surface area contributed by atoms with Gasteiger partial charge in [-0.1, -0.05) is 18.2 Å². The summed E-state index contributed by atoms with van der Waals surface area (Å²) in [5.74, 6) is 0.620. The van der Waals surface area contributed by atoms with E-state index in [4.69, 9.17) is 9.47 Å². The van der Waals surface area contributed by atoms with Crippen LogP contribution in [0.5, 0.6) is 11.5 Å². The number of rotatable bonds is 7. The molecule has 0 bridgehead atoms. The summed E-state index contributed by atoms with van der Waals surface area (Å²) in [6, 6.07) is 14.6. The Kier molecular flexibility index (Phi) is 5.84. The van der Waals surface area contributed by atoms with E-state index < -0.39 is 0 Å². The molecule has 2 amide bonds. The maximum absolute atomic E-state index is 12.4. The molecule has 0 aliphatic carbocycles. The Morgan fingerprint density at radius 1 is 0.893 bits per heavy atom. The Balaban J connectivity index is 1.56. The number of aromatic nitrogens is 1. The van der Waals surface area contributed by atoms with Gasteiger partial charge in [0.25, 0.3) is 11.8 Å². The molecule has 3 rings (SSSR count). The SMILES string of the molecule is COc1cc(OC)cc(C(=O)NCCNC(=O)c2cc3ccccc3n2C)c1. The zero-order chi connectivity index (χ0) is 20.1. The van der Waals surface area contributed by atoms with Gasteiger partial charge in [-0.25, -0.2) is 0 Å². The highest BCUT2D eigenvalue weighted by molar-refractivity contribution is 5.99. The average molecular weight is 381 g/mol. The number of methoxy groups -OCH3 is 2. The quantitative estimate of drug-likeness (QED) is 0.616. The molecule has 1 aromatic heterocycles.